The fourth-order valence-electron chi connectivity index (χ4n) is 2.35. The van der Waals surface area contributed by atoms with E-state index >= 15 is 0 Å². The molecular weight excluding hydrogens is 338 g/mol. The second-order valence-electron chi connectivity index (χ2n) is 5.32. The van der Waals surface area contributed by atoms with E-state index in [1.54, 1.807) is 24.5 Å². The van der Waals surface area contributed by atoms with Gasteiger partial charge in [-0.3, -0.25) is 4.79 Å². The number of nitrogens with two attached hydrogens (primary N) is 2. The Morgan fingerprint density at radius 2 is 2.12 bits per heavy atom. The van der Waals surface area contributed by atoms with Crippen molar-refractivity contribution in [3.05, 3.63) is 51.8 Å². The topological polar surface area (TPSA) is 119 Å². The van der Waals surface area contributed by atoms with E-state index in [1.165, 1.54) is 0 Å². The monoisotopic (exact) mass is 357 g/mol. The van der Waals surface area contributed by atoms with Crippen LogP contribution in [-0.2, 0) is 13.2 Å². The highest BCUT2D eigenvalue weighted by Crippen LogP contribution is 2.27. The molecule has 3 rings (SSSR count). The lowest BCUT2D eigenvalue weighted by Gasteiger charge is -2.05. The Balaban J connectivity index is 1.83. The maximum atomic E-state index is 12.1. The van der Waals surface area contributed by atoms with Crippen LogP contribution in [0.25, 0.3) is 10.9 Å². The van der Waals surface area contributed by atoms with Crippen molar-refractivity contribution in [3.8, 4) is 5.75 Å². The van der Waals surface area contributed by atoms with Gasteiger partial charge in [-0.25, -0.2) is 0 Å². The molecule has 0 spiro atoms. The summed E-state index contributed by atoms with van der Waals surface area (Å²) in [7, 11) is 1.60. The zero-order valence-corrected chi connectivity index (χ0v) is 14.5. The molecule has 6 N–H and O–H groups in total. The van der Waals surface area contributed by atoms with Crippen LogP contribution >= 0.6 is 11.3 Å². The predicted molar refractivity (Wildman–Crippen MR) is 99.9 cm³/mol. The van der Waals surface area contributed by atoms with E-state index in [9.17, 15) is 4.79 Å². The van der Waals surface area contributed by atoms with Crippen LogP contribution in [0.2, 0.25) is 0 Å². The average Bonchev–Trinajstić information content (AvgIpc) is 3.26. The summed E-state index contributed by atoms with van der Waals surface area (Å²) in [5, 5.41) is 3.49. The number of guanidine groups is 1. The summed E-state index contributed by atoms with van der Waals surface area (Å²) < 4.78 is 5.91. The van der Waals surface area contributed by atoms with Gasteiger partial charge in [0, 0.05) is 28.7 Å². The molecule has 0 saturated heterocycles. The molecule has 0 aliphatic heterocycles. The third kappa shape index (κ3) is 3.81. The Kier molecular flexibility index (Phi) is 5.01. The summed E-state index contributed by atoms with van der Waals surface area (Å²) in [6.45, 7) is 0.968. The third-order valence-electron chi connectivity index (χ3n) is 3.61. The number of carbonyl (C=O) groups excluding carboxylic acids is 1. The number of H-pyrrole nitrogens is 1. The summed E-state index contributed by atoms with van der Waals surface area (Å²) in [6, 6.07) is 11.4. The molecule has 0 aliphatic carbocycles. The lowest BCUT2D eigenvalue weighted by Crippen LogP contribution is -2.28. The minimum atomic E-state index is -0.445. The van der Waals surface area contributed by atoms with Crippen molar-refractivity contribution in [3.63, 3.8) is 0 Å². The number of hydrogen-bond acceptors (Lipinski definition) is 4. The van der Waals surface area contributed by atoms with Crippen molar-refractivity contribution in [2.45, 2.75) is 13.2 Å². The maximum absolute atomic E-state index is 12.1. The van der Waals surface area contributed by atoms with Gasteiger partial charge in [0.2, 0.25) is 0 Å². The van der Waals surface area contributed by atoms with Crippen molar-refractivity contribution >= 4 is 34.1 Å². The van der Waals surface area contributed by atoms with Gasteiger partial charge in [0.15, 0.2) is 5.96 Å². The van der Waals surface area contributed by atoms with Gasteiger partial charge in [0.05, 0.1) is 5.52 Å². The molecule has 130 valence electrons. The van der Waals surface area contributed by atoms with Gasteiger partial charge in [-0.2, -0.15) is 4.99 Å². The number of amides is 1. The minimum absolute atomic E-state index is 0.0635. The van der Waals surface area contributed by atoms with Crippen LogP contribution in [0.4, 0.5) is 0 Å². The Morgan fingerprint density at radius 1 is 1.32 bits per heavy atom. The first-order valence-corrected chi connectivity index (χ1v) is 8.50. The van der Waals surface area contributed by atoms with Gasteiger partial charge in [0.1, 0.15) is 18.1 Å². The van der Waals surface area contributed by atoms with Gasteiger partial charge < -0.3 is 26.5 Å². The summed E-state index contributed by atoms with van der Waals surface area (Å²) in [6.07, 6.45) is 0. The van der Waals surface area contributed by atoms with Crippen molar-refractivity contribution in [1.29, 1.82) is 0 Å². The van der Waals surface area contributed by atoms with Gasteiger partial charge in [-0.1, -0.05) is 12.1 Å². The standard InChI is InChI=1S/C17H19N5O2S/c1-20-17(19)22-16(23)13-7-10-3-2-4-14(15(10)21-13)24-9-12-6-5-11(8-18)25-12/h2-7,21H,8-9,18H2,1H3,(H3,19,20,22,23). The van der Waals surface area contributed by atoms with E-state index in [2.05, 4.69) is 15.3 Å². The molecule has 3 aromatic rings. The first-order chi connectivity index (χ1) is 12.1. The highest BCUT2D eigenvalue weighted by Gasteiger charge is 2.12. The zero-order chi connectivity index (χ0) is 17.8. The summed E-state index contributed by atoms with van der Waals surface area (Å²) in [5.74, 6) is 0.290. The van der Waals surface area contributed by atoms with Gasteiger partial charge in [-0.15, -0.1) is 11.3 Å². The number of aliphatic imine (C=N–C) groups is 1. The summed E-state index contributed by atoms with van der Waals surface area (Å²) in [5.41, 5.74) is 12.3. The van der Waals surface area contributed by atoms with E-state index in [4.69, 9.17) is 16.2 Å². The fourth-order valence-corrected chi connectivity index (χ4v) is 3.16. The fraction of sp³-hybridized carbons (Fsp3) is 0.176. The highest BCUT2D eigenvalue weighted by atomic mass is 32.1. The molecule has 2 heterocycles. The van der Waals surface area contributed by atoms with Crippen LogP contribution in [0.15, 0.2) is 41.4 Å². The van der Waals surface area contributed by atoms with Gasteiger partial charge in [-0.05, 0) is 24.3 Å². The molecule has 7 nitrogen and oxygen atoms in total. The van der Waals surface area contributed by atoms with E-state index in [1.807, 2.05) is 30.3 Å². The molecule has 0 radical (unpaired) electrons. The van der Waals surface area contributed by atoms with Crippen molar-refractivity contribution in [2.75, 3.05) is 7.05 Å². The number of para-hydroxylation sites is 1. The first-order valence-electron chi connectivity index (χ1n) is 7.69. The first kappa shape index (κ1) is 17.0. The lowest BCUT2D eigenvalue weighted by atomic mass is 10.2. The molecule has 0 bridgehead atoms. The number of nitrogens with zero attached hydrogens (tertiary/aromatic N) is 1. The van der Waals surface area contributed by atoms with E-state index in [0.29, 0.717) is 24.6 Å². The third-order valence-corrected chi connectivity index (χ3v) is 4.70. The molecule has 1 amide bonds. The molecule has 0 unspecified atom stereocenters. The van der Waals surface area contributed by atoms with Crippen LogP contribution in [-0.4, -0.2) is 23.9 Å². The Bertz CT molecular complexity index is 928. The van der Waals surface area contributed by atoms with Crippen LogP contribution < -0.4 is 21.5 Å². The predicted octanol–water partition coefficient (Wildman–Crippen LogP) is 1.94. The zero-order valence-electron chi connectivity index (χ0n) is 13.7. The molecular formula is C17H19N5O2S. The average molecular weight is 357 g/mol. The number of aromatic amines is 1. The van der Waals surface area contributed by atoms with Gasteiger partial charge in [0.25, 0.3) is 5.91 Å². The Labute approximate surface area is 148 Å². The molecule has 0 saturated carbocycles. The lowest BCUT2D eigenvalue weighted by molar-refractivity contribution is 0.0998. The molecule has 0 fully saturated rings. The van der Waals surface area contributed by atoms with Crippen LogP contribution in [0.1, 0.15) is 20.2 Å². The van der Waals surface area contributed by atoms with E-state index < -0.39 is 5.91 Å². The second kappa shape index (κ2) is 7.37. The Hall–Kier alpha value is -2.84. The Morgan fingerprint density at radius 3 is 2.84 bits per heavy atom. The molecule has 0 atom stereocenters. The van der Waals surface area contributed by atoms with Crippen molar-refractivity contribution in [1.82, 2.24) is 10.3 Å². The van der Waals surface area contributed by atoms with Gasteiger partial charge >= 0.3 is 0 Å². The van der Waals surface area contributed by atoms with Crippen LogP contribution in [0, 0.1) is 0 Å². The molecule has 2 aromatic heterocycles. The number of fused-ring (bicyclic) bond motifs is 1. The number of thiophene rings is 1. The normalized spacial score (nSPS) is 11.7. The largest absolute Gasteiger partial charge is 0.486 e. The molecule has 8 heteroatoms. The SMILES string of the molecule is CNC(N)=NC(=O)c1cc2cccc(OCc3ccc(CN)s3)c2[nH]1. The molecule has 1 aromatic carbocycles. The number of benzene rings is 1. The number of hydrogen-bond donors (Lipinski definition) is 4. The number of ether oxygens (including phenoxy) is 1. The minimum Gasteiger partial charge on any atom is -0.486 e. The van der Waals surface area contributed by atoms with E-state index in [0.717, 1.165) is 20.7 Å². The summed E-state index contributed by atoms with van der Waals surface area (Å²) in [4.78, 5) is 21.1. The quantitative estimate of drug-likeness (QED) is 0.411. The smallest absolute Gasteiger partial charge is 0.296 e. The number of carbonyl (C=O) groups is 1. The van der Waals surface area contributed by atoms with E-state index in [-0.39, 0.29) is 5.96 Å². The molecule has 25 heavy (non-hydrogen) atoms. The van der Waals surface area contributed by atoms with Crippen LogP contribution in [0.5, 0.6) is 5.75 Å². The van der Waals surface area contributed by atoms with Crippen molar-refractivity contribution in [2.24, 2.45) is 16.5 Å². The second-order valence-corrected chi connectivity index (χ2v) is 6.57. The number of aromatic nitrogens is 1. The highest BCUT2D eigenvalue weighted by molar-refractivity contribution is 7.11. The number of nitrogens with one attached hydrogen (secondary N) is 2. The number of rotatable bonds is 5. The molecule has 0 aliphatic rings. The maximum Gasteiger partial charge on any atom is 0.296 e. The van der Waals surface area contributed by atoms with Crippen LogP contribution in [0.3, 0.4) is 0 Å². The summed E-state index contributed by atoms with van der Waals surface area (Å²) >= 11 is 1.62. The van der Waals surface area contributed by atoms with Crippen molar-refractivity contribution < 1.29 is 9.53 Å².